The summed E-state index contributed by atoms with van der Waals surface area (Å²) >= 11 is 0. The molecule has 8 heteroatoms. The lowest BCUT2D eigenvalue weighted by molar-refractivity contribution is -0.181. The zero-order chi connectivity index (χ0) is 19.4. The van der Waals surface area contributed by atoms with E-state index in [2.05, 4.69) is 15.0 Å². The van der Waals surface area contributed by atoms with Gasteiger partial charge in [-0.15, -0.1) is 0 Å². The average Bonchev–Trinajstić information content (AvgIpc) is 3.21. The lowest BCUT2D eigenvalue weighted by Gasteiger charge is -2.37. The smallest absolute Gasteiger partial charge is 0.272 e. The van der Waals surface area contributed by atoms with Gasteiger partial charge in [0.25, 0.3) is 5.91 Å². The molecule has 8 nitrogen and oxygen atoms in total. The van der Waals surface area contributed by atoms with Gasteiger partial charge in [-0.3, -0.25) is 9.78 Å². The molecule has 2 aliphatic heterocycles. The summed E-state index contributed by atoms with van der Waals surface area (Å²) < 4.78 is 11.5. The van der Waals surface area contributed by atoms with Crippen molar-refractivity contribution in [1.82, 2.24) is 19.9 Å². The van der Waals surface area contributed by atoms with Crippen LogP contribution in [0.1, 0.15) is 28.9 Å². The molecule has 2 aromatic heterocycles. The maximum absolute atomic E-state index is 12.9. The highest BCUT2D eigenvalue weighted by Gasteiger charge is 2.41. The molecule has 0 aromatic carbocycles. The summed E-state index contributed by atoms with van der Waals surface area (Å²) in [4.78, 5) is 29.5. The number of rotatable bonds is 5. The normalized spacial score (nSPS) is 18.4. The average molecular weight is 383 g/mol. The van der Waals surface area contributed by atoms with Crippen LogP contribution >= 0.6 is 0 Å². The van der Waals surface area contributed by atoms with Crippen molar-refractivity contribution in [2.45, 2.75) is 25.0 Å². The summed E-state index contributed by atoms with van der Waals surface area (Å²) in [6, 6.07) is 5.67. The van der Waals surface area contributed by atoms with E-state index in [-0.39, 0.29) is 5.91 Å². The van der Waals surface area contributed by atoms with E-state index >= 15 is 0 Å². The number of carbonyl (C=O) groups is 1. The third-order valence-corrected chi connectivity index (χ3v) is 5.31. The lowest BCUT2D eigenvalue weighted by Crippen LogP contribution is -2.47. The first-order valence-corrected chi connectivity index (χ1v) is 9.65. The first-order chi connectivity index (χ1) is 13.7. The predicted molar refractivity (Wildman–Crippen MR) is 103 cm³/mol. The van der Waals surface area contributed by atoms with Gasteiger partial charge in [-0.2, -0.15) is 0 Å². The number of anilines is 1. The number of ether oxygens (including phenoxy) is 2. The molecule has 2 aliphatic rings. The minimum atomic E-state index is -0.485. The molecule has 28 heavy (non-hydrogen) atoms. The number of pyridine rings is 1. The summed E-state index contributed by atoms with van der Waals surface area (Å²) in [6.07, 6.45) is 7.47. The van der Waals surface area contributed by atoms with Crippen LogP contribution in [0.4, 0.5) is 5.95 Å². The van der Waals surface area contributed by atoms with Crippen molar-refractivity contribution in [1.29, 1.82) is 0 Å². The molecule has 2 aromatic rings. The number of amides is 1. The van der Waals surface area contributed by atoms with Crippen LogP contribution in [0.25, 0.3) is 0 Å². The Morgan fingerprint density at radius 3 is 2.57 bits per heavy atom. The highest BCUT2D eigenvalue weighted by Crippen LogP contribution is 2.31. The number of likely N-dealkylation sites (N-methyl/N-ethyl adjacent to an activating group) is 1. The standard InChI is InChI=1S/C20H25N5O3/c1-24(11-5-16-2-8-21-9-3-16)19-22-10-4-17(23-19)18(26)25-12-6-20(7-13-25)27-14-15-28-20/h2-4,8-10H,5-7,11-15H2,1H3. The fourth-order valence-corrected chi connectivity index (χ4v) is 3.60. The molecule has 0 N–H and O–H groups in total. The molecule has 148 valence electrons. The van der Waals surface area contributed by atoms with Crippen molar-refractivity contribution in [2.75, 3.05) is 44.8 Å². The quantitative estimate of drug-likeness (QED) is 0.774. The molecule has 1 spiro atoms. The summed E-state index contributed by atoms with van der Waals surface area (Å²) in [5.41, 5.74) is 1.62. The second-order valence-electron chi connectivity index (χ2n) is 7.17. The van der Waals surface area contributed by atoms with Crippen LogP contribution in [0.2, 0.25) is 0 Å². The van der Waals surface area contributed by atoms with Crippen LogP contribution in [-0.2, 0) is 15.9 Å². The molecule has 2 saturated heterocycles. The second-order valence-corrected chi connectivity index (χ2v) is 7.17. The topological polar surface area (TPSA) is 80.7 Å². The molecule has 0 bridgehead atoms. The minimum absolute atomic E-state index is 0.0703. The molecule has 0 saturated carbocycles. The molecule has 4 heterocycles. The summed E-state index contributed by atoms with van der Waals surface area (Å²) in [5.74, 6) is -0.00396. The number of nitrogens with zero attached hydrogens (tertiary/aromatic N) is 5. The van der Waals surface area contributed by atoms with Crippen LogP contribution < -0.4 is 4.90 Å². The van der Waals surface area contributed by atoms with E-state index in [1.54, 1.807) is 24.7 Å². The SMILES string of the molecule is CN(CCc1ccncc1)c1nccc(C(=O)N2CCC3(CC2)OCCO3)n1. The van der Waals surface area contributed by atoms with Gasteiger partial charge in [0.15, 0.2) is 5.79 Å². The Kier molecular flexibility index (Phi) is 5.50. The number of likely N-dealkylation sites (tertiary alicyclic amines) is 1. The van der Waals surface area contributed by atoms with Gasteiger partial charge in [0, 0.05) is 58.1 Å². The Morgan fingerprint density at radius 2 is 1.86 bits per heavy atom. The van der Waals surface area contributed by atoms with Gasteiger partial charge in [-0.25, -0.2) is 9.97 Å². The Morgan fingerprint density at radius 1 is 1.14 bits per heavy atom. The van der Waals surface area contributed by atoms with E-state index < -0.39 is 5.79 Å². The lowest BCUT2D eigenvalue weighted by atomic mass is 10.0. The van der Waals surface area contributed by atoms with Gasteiger partial charge in [-0.1, -0.05) is 0 Å². The monoisotopic (exact) mass is 383 g/mol. The number of piperidine rings is 1. The Balaban J connectivity index is 1.37. The van der Waals surface area contributed by atoms with E-state index in [0.29, 0.717) is 50.8 Å². The number of aromatic nitrogens is 3. The minimum Gasteiger partial charge on any atom is -0.347 e. The third kappa shape index (κ3) is 4.13. The number of hydrogen-bond acceptors (Lipinski definition) is 7. The fraction of sp³-hybridized carbons (Fsp3) is 0.500. The zero-order valence-electron chi connectivity index (χ0n) is 16.1. The van der Waals surface area contributed by atoms with Gasteiger partial charge >= 0.3 is 0 Å². The van der Waals surface area contributed by atoms with Crippen molar-refractivity contribution in [2.24, 2.45) is 0 Å². The van der Waals surface area contributed by atoms with Crippen molar-refractivity contribution in [3.8, 4) is 0 Å². The Bertz CT molecular complexity index is 800. The van der Waals surface area contributed by atoms with Gasteiger partial charge in [0.2, 0.25) is 5.95 Å². The molecule has 0 radical (unpaired) electrons. The van der Waals surface area contributed by atoms with E-state index in [9.17, 15) is 4.79 Å². The van der Waals surface area contributed by atoms with Crippen LogP contribution in [0.3, 0.4) is 0 Å². The van der Waals surface area contributed by atoms with Crippen molar-refractivity contribution < 1.29 is 14.3 Å². The largest absolute Gasteiger partial charge is 0.347 e. The maximum Gasteiger partial charge on any atom is 0.272 e. The van der Waals surface area contributed by atoms with Gasteiger partial charge in [0.05, 0.1) is 13.2 Å². The summed E-state index contributed by atoms with van der Waals surface area (Å²) in [6.45, 7) is 3.23. The second kappa shape index (κ2) is 8.20. The molecular weight excluding hydrogens is 358 g/mol. The number of carbonyl (C=O) groups excluding carboxylic acids is 1. The van der Waals surface area contributed by atoms with Crippen molar-refractivity contribution >= 4 is 11.9 Å². The Hall–Kier alpha value is -2.58. The first-order valence-electron chi connectivity index (χ1n) is 9.65. The molecule has 2 fully saturated rings. The van der Waals surface area contributed by atoms with E-state index in [1.165, 1.54) is 5.56 Å². The summed E-state index contributed by atoms with van der Waals surface area (Å²) in [5, 5.41) is 0. The fourth-order valence-electron chi connectivity index (χ4n) is 3.60. The van der Waals surface area contributed by atoms with Gasteiger partial charge in [0.1, 0.15) is 5.69 Å². The van der Waals surface area contributed by atoms with Gasteiger partial charge in [-0.05, 0) is 30.2 Å². The Labute approximate surface area is 164 Å². The van der Waals surface area contributed by atoms with E-state index in [0.717, 1.165) is 13.0 Å². The van der Waals surface area contributed by atoms with Crippen LogP contribution in [-0.4, -0.2) is 71.4 Å². The molecule has 1 amide bonds. The molecule has 0 atom stereocenters. The first kappa shape index (κ1) is 18.8. The summed E-state index contributed by atoms with van der Waals surface area (Å²) in [7, 11) is 1.93. The zero-order valence-corrected chi connectivity index (χ0v) is 16.1. The van der Waals surface area contributed by atoms with Crippen LogP contribution in [0.15, 0.2) is 36.8 Å². The molecular formula is C20H25N5O3. The van der Waals surface area contributed by atoms with Gasteiger partial charge < -0.3 is 19.3 Å². The molecule has 0 aliphatic carbocycles. The highest BCUT2D eigenvalue weighted by atomic mass is 16.7. The van der Waals surface area contributed by atoms with Crippen LogP contribution in [0, 0.1) is 0 Å². The van der Waals surface area contributed by atoms with E-state index in [1.807, 2.05) is 29.0 Å². The molecule has 4 rings (SSSR count). The molecule has 0 unspecified atom stereocenters. The third-order valence-electron chi connectivity index (χ3n) is 5.31. The van der Waals surface area contributed by atoms with Crippen LogP contribution in [0.5, 0.6) is 0 Å². The van der Waals surface area contributed by atoms with Crippen molar-refractivity contribution in [3.63, 3.8) is 0 Å². The number of hydrogen-bond donors (Lipinski definition) is 0. The maximum atomic E-state index is 12.9. The predicted octanol–water partition coefficient (Wildman–Crippen LogP) is 1.53. The highest BCUT2D eigenvalue weighted by molar-refractivity contribution is 5.92. The van der Waals surface area contributed by atoms with Crippen molar-refractivity contribution in [3.05, 3.63) is 48.0 Å². The van der Waals surface area contributed by atoms with E-state index in [4.69, 9.17) is 9.47 Å².